The fraction of sp³-hybridized carbons (Fsp3) is 0.286. The molecule has 0 bridgehead atoms. The molecule has 154 valence electrons. The van der Waals surface area contributed by atoms with Crippen molar-refractivity contribution in [2.45, 2.75) is 6.92 Å². The number of amides is 2. The molecule has 2 amide bonds. The van der Waals surface area contributed by atoms with E-state index >= 15 is 0 Å². The van der Waals surface area contributed by atoms with Crippen LogP contribution in [0.25, 0.3) is 0 Å². The van der Waals surface area contributed by atoms with E-state index in [2.05, 4.69) is 10.6 Å². The largest absolute Gasteiger partial charge is 0.497 e. The van der Waals surface area contributed by atoms with Crippen molar-refractivity contribution in [3.8, 4) is 5.75 Å². The van der Waals surface area contributed by atoms with Crippen molar-refractivity contribution in [2.24, 2.45) is 0 Å². The van der Waals surface area contributed by atoms with Crippen molar-refractivity contribution >= 4 is 29.2 Å². The van der Waals surface area contributed by atoms with E-state index in [1.54, 1.807) is 69.6 Å². The highest BCUT2D eigenvalue weighted by molar-refractivity contribution is 5.94. The van der Waals surface area contributed by atoms with Crippen molar-refractivity contribution in [1.82, 2.24) is 0 Å². The number of carbonyl (C=O) groups excluding carboxylic acids is 3. The van der Waals surface area contributed by atoms with Crippen LogP contribution in [0.15, 0.2) is 48.5 Å². The Hall–Kier alpha value is -3.39. The van der Waals surface area contributed by atoms with Crippen LogP contribution in [-0.2, 0) is 14.3 Å². The van der Waals surface area contributed by atoms with Crippen LogP contribution in [0, 0.1) is 0 Å². The smallest absolute Gasteiger partial charge is 0.338 e. The predicted molar refractivity (Wildman–Crippen MR) is 109 cm³/mol. The van der Waals surface area contributed by atoms with E-state index in [1.807, 2.05) is 0 Å². The van der Waals surface area contributed by atoms with Gasteiger partial charge in [-0.05, 0) is 55.5 Å². The molecule has 0 radical (unpaired) electrons. The van der Waals surface area contributed by atoms with Gasteiger partial charge in [0.15, 0.2) is 13.1 Å². The first-order valence-corrected chi connectivity index (χ1v) is 9.23. The number of carbonyl (C=O) groups is 3. The summed E-state index contributed by atoms with van der Waals surface area (Å²) in [5, 5.41) is 5.53. The summed E-state index contributed by atoms with van der Waals surface area (Å²) in [7, 11) is 3.34. The second-order valence-electron chi connectivity index (χ2n) is 6.43. The first-order chi connectivity index (χ1) is 13.9. The molecule has 1 unspecified atom stereocenters. The van der Waals surface area contributed by atoms with Gasteiger partial charge in [0.05, 0.1) is 26.3 Å². The van der Waals surface area contributed by atoms with Gasteiger partial charge in [-0.2, -0.15) is 0 Å². The molecule has 0 aliphatic carbocycles. The Morgan fingerprint density at radius 2 is 1.34 bits per heavy atom. The lowest BCUT2D eigenvalue weighted by atomic mass is 10.2. The number of benzene rings is 2. The van der Waals surface area contributed by atoms with E-state index in [0.717, 1.165) is 4.90 Å². The zero-order valence-electron chi connectivity index (χ0n) is 16.8. The van der Waals surface area contributed by atoms with Gasteiger partial charge in [0.1, 0.15) is 5.75 Å². The Bertz CT molecular complexity index is 834. The second-order valence-corrected chi connectivity index (χ2v) is 6.43. The van der Waals surface area contributed by atoms with E-state index in [0.29, 0.717) is 29.3 Å². The normalized spacial score (nSPS) is 11.3. The number of ether oxygens (including phenoxy) is 2. The molecule has 2 aromatic rings. The lowest BCUT2D eigenvalue weighted by Crippen LogP contribution is -3.11. The third-order valence-corrected chi connectivity index (χ3v) is 3.98. The lowest BCUT2D eigenvalue weighted by Gasteiger charge is -2.14. The Labute approximate surface area is 169 Å². The molecule has 0 saturated carbocycles. The number of esters is 1. The maximum atomic E-state index is 12.2. The van der Waals surface area contributed by atoms with Gasteiger partial charge in [0.25, 0.3) is 11.8 Å². The standard InChI is InChI=1S/C21H25N3O5/c1-4-29-21(27)15-5-7-16(8-6-15)22-19(25)13-24(2)14-20(26)23-17-9-11-18(28-3)12-10-17/h5-12H,4,13-14H2,1-3H3,(H,22,25)(H,23,26)/p+1. The van der Waals surface area contributed by atoms with Crippen LogP contribution in [0.2, 0.25) is 0 Å². The molecule has 0 heterocycles. The van der Waals surface area contributed by atoms with Gasteiger partial charge < -0.3 is 25.0 Å². The summed E-state index contributed by atoms with van der Waals surface area (Å²) in [5.74, 6) is -0.127. The number of methoxy groups -OCH3 is 1. The number of hydrogen-bond donors (Lipinski definition) is 3. The minimum atomic E-state index is -0.405. The number of anilines is 2. The van der Waals surface area contributed by atoms with Gasteiger partial charge in [-0.3, -0.25) is 9.59 Å². The zero-order valence-corrected chi connectivity index (χ0v) is 16.8. The molecule has 8 heteroatoms. The molecule has 0 aliphatic rings. The molecule has 0 saturated heterocycles. The van der Waals surface area contributed by atoms with Crippen molar-refractivity contribution in [3.63, 3.8) is 0 Å². The van der Waals surface area contributed by atoms with Crippen molar-refractivity contribution < 1.29 is 28.8 Å². The summed E-state index contributed by atoms with van der Waals surface area (Å²) in [6, 6.07) is 13.5. The maximum absolute atomic E-state index is 12.2. The van der Waals surface area contributed by atoms with Gasteiger partial charge in [0, 0.05) is 11.4 Å². The van der Waals surface area contributed by atoms with Crippen LogP contribution in [0.1, 0.15) is 17.3 Å². The van der Waals surface area contributed by atoms with Crippen LogP contribution in [0.4, 0.5) is 11.4 Å². The lowest BCUT2D eigenvalue weighted by molar-refractivity contribution is -0.862. The van der Waals surface area contributed by atoms with Crippen molar-refractivity contribution in [1.29, 1.82) is 0 Å². The Morgan fingerprint density at radius 3 is 1.79 bits per heavy atom. The third-order valence-electron chi connectivity index (χ3n) is 3.98. The fourth-order valence-electron chi connectivity index (χ4n) is 2.60. The van der Waals surface area contributed by atoms with Crippen molar-refractivity contribution in [2.75, 3.05) is 44.5 Å². The number of rotatable bonds is 9. The fourth-order valence-corrected chi connectivity index (χ4v) is 2.60. The van der Waals surface area contributed by atoms with Crippen LogP contribution in [0.5, 0.6) is 5.75 Å². The quantitative estimate of drug-likeness (QED) is 0.545. The highest BCUT2D eigenvalue weighted by atomic mass is 16.5. The minimum absolute atomic E-state index is 0.121. The topological polar surface area (TPSA) is 98.2 Å². The van der Waals surface area contributed by atoms with Crippen LogP contribution >= 0.6 is 0 Å². The summed E-state index contributed by atoms with van der Waals surface area (Å²) in [5.41, 5.74) is 1.65. The van der Waals surface area contributed by atoms with Gasteiger partial charge in [-0.25, -0.2) is 4.79 Å². The van der Waals surface area contributed by atoms with Crippen molar-refractivity contribution in [3.05, 3.63) is 54.1 Å². The first-order valence-electron chi connectivity index (χ1n) is 9.23. The van der Waals surface area contributed by atoms with Crippen LogP contribution < -0.4 is 20.3 Å². The van der Waals surface area contributed by atoms with E-state index in [9.17, 15) is 14.4 Å². The molecule has 8 nitrogen and oxygen atoms in total. The summed E-state index contributed by atoms with van der Waals surface area (Å²) in [4.78, 5) is 36.7. The Morgan fingerprint density at radius 1 is 0.862 bits per heavy atom. The predicted octanol–water partition coefficient (Wildman–Crippen LogP) is 0.964. The zero-order chi connectivity index (χ0) is 21.2. The van der Waals surface area contributed by atoms with Gasteiger partial charge in [-0.1, -0.05) is 0 Å². The molecule has 0 aromatic heterocycles. The summed E-state index contributed by atoms with van der Waals surface area (Å²) >= 11 is 0. The Kier molecular flexibility index (Phi) is 8.17. The average molecular weight is 400 g/mol. The molecule has 3 N–H and O–H groups in total. The number of nitrogens with one attached hydrogen (secondary N) is 3. The molecular formula is C21H26N3O5+. The van der Waals surface area contributed by atoms with E-state index in [1.165, 1.54) is 0 Å². The highest BCUT2D eigenvalue weighted by Gasteiger charge is 2.15. The monoisotopic (exact) mass is 400 g/mol. The minimum Gasteiger partial charge on any atom is -0.497 e. The molecule has 2 aromatic carbocycles. The van der Waals surface area contributed by atoms with Gasteiger partial charge in [0.2, 0.25) is 0 Å². The maximum Gasteiger partial charge on any atom is 0.338 e. The summed E-state index contributed by atoms with van der Waals surface area (Å²) < 4.78 is 10.00. The highest BCUT2D eigenvalue weighted by Crippen LogP contribution is 2.14. The van der Waals surface area contributed by atoms with Crippen LogP contribution in [-0.4, -0.2) is 51.6 Å². The molecule has 0 aliphatic heterocycles. The Balaban J connectivity index is 1.79. The molecular weight excluding hydrogens is 374 g/mol. The second kappa shape index (κ2) is 10.8. The van der Waals surface area contributed by atoms with Gasteiger partial charge >= 0.3 is 5.97 Å². The molecule has 1 atom stereocenters. The van der Waals surface area contributed by atoms with E-state index < -0.39 is 5.97 Å². The molecule has 29 heavy (non-hydrogen) atoms. The first kappa shape index (κ1) is 21.9. The molecule has 2 rings (SSSR count). The average Bonchev–Trinajstić information content (AvgIpc) is 2.69. The molecule has 0 spiro atoms. The van der Waals surface area contributed by atoms with E-state index in [4.69, 9.17) is 9.47 Å². The van der Waals surface area contributed by atoms with Crippen LogP contribution in [0.3, 0.4) is 0 Å². The van der Waals surface area contributed by atoms with Gasteiger partial charge in [-0.15, -0.1) is 0 Å². The number of likely N-dealkylation sites (N-methyl/N-ethyl adjacent to an activating group) is 1. The number of quaternary nitrogens is 1. The summed E-state index contributed by atoms with van der Waals surface area (Å²) in [6.45, 7) is 2.30. The molecule has 0 fully saturated rings. The summed E-state index contributed by atoms with van der Waals surface area (Å²) in [6.07, 6.45) is 0. The SMILES string of the molecule is CCOC(=O)c1ccc(NC(=O)C[NH+](C)CC(=O)Nc2ccc(OC)cc2)cc1. The van der Waals surface area contributed by atoms with E-state index in [-0.39, 0.29) is 24.9 Å². The third kappa shape index (κ3) is 7.27. The number of hydrogen-bond acceptors (Lipinski definition) is 5.